The fourth-order valence-corrected chi connectivity index (χ4v) is 4.09. The van der Waals surface area contributed by atoms with E-state index in [-0.39, 0.29) is 17.0 Å². The Balaban J connectivity index is 1.82. The first-order valence-electron chi connectivity index (χ1n) is 11.5. The molecule has 0 saturated heterocycles. The van der Waals surface area contributed by atoms with Crippen molar-refractivity contribution in [1.82, 2.24) is 10.6 Å². The van der Waals surface area contributed by atoms with Crippen LogP contribution in [0.15, 0.2) is 48.5 Å². The molecule has 2 rings (SSSR count). The predicted octanol–water partition coefficient (Wildman–Crippen LogP) is 6.60. The van der Waals surface area contributed by atoms with Gasteiger partial charge in [-0.1, -0.05) is 26.7 Å². The standard InChI is InChI=1S/C25H34F2N4S2/c1-3-5-15-25(4-2,18-29-24(33)31-22-13-9-20(27)10-14-22)16-6-17-28-23(32)30-21-11-7-19(26)8-12-21/h7-14H,3-6,15-18H2,1-2H3,(H2,28,30,32)(H2,29,31,33). The maximum absolute atomic E-state index is 13.1. The minimum atomic E-state index is -0.275. The van der Waals surface area contributed by atoms with Crippen molar-refractivity contribution in [3.8, 4) is 0 Å². The third-order valence-corrected chi connectivity index (χ3v) is 6.30. The molecular formula is C25H34F2N4S2. The van der Waals surface area contributed by atoms with Crippen LogP contribution in [0.25, 0.3) is 0 Å². The Hall–Kier alpha value is -2.32. The molecule has 0 heterocycles. The molecule has 2 aromatic carbocycles. The van der Waals surface area contributed by atoms with Gasteiger partial charge in [-0.2, -0.15) is 0 Å². The quantitative estimate of drug-likeness (QED) is 0.198. The summed E-state index contributed by atoms with van der Waals surface area (Å²) in [5, 5.41) is 13.9. The molecule has 0 aliphatic carbocycles. The highest BCUT2D eigenvalue weighted by Gasteiger charge is 2.27. The summed E-state index contributed by atoms with van der Waals surface area (Å²) in [6, 6.07) is 12.3. The number of thiocarbonyl (C=S) groups is 2. The van der Waals surface area contributed by atoms with Crippen LogP contribution in [0, 0.1) is 17.0 Å². The Morgan fingerprint density at radius 1 is 0.758 bits per heavy atom. The molecule has 1 unspecified atom stereocenters. The van der Waals surface area contributed by atoms with E-state index in [1.54, 1.807) is 24.3 Å². The van der Waals surface area contributed by atoms with Crippen molar-refractivity contribution in [1.29, 1.82) is 0 Å². The summed E-state index contributed by atoms with van der Waals surface area (Å²) in [5.41, 5.74) is 1.64. The van der Waals surface area contributed by atoms with E-state index in [1.807, 2.05) is 0 Å². The largest absolute Gasteiger partial charge is 0.362 e. The van der Waals surface area contributed by atoms with Gasteiger partial charge in [0.1, 0.15) is 11.6 Å². The van der Waals surface area contributed by atoms with Crippen molar-refractivity contribution >= 4 is 46.0 Å². The van der Waals surface area contributed by atoms with Gasteiger partial charge in [0.2, 0.25) is 0 Å². The Morgan fingerprint density at radius 2 is 1.24 bits per heavy atom. The Kier molecular flexibility index (Phi) is 11.5. The SMILES string of the molecule is CCCCC(CC)(CCCNC(=S)Nc1ccc(F)cc1)CNC(=S)Nc1ccc(F)cc1. The fraction of sp³-hybridized carbons (Fsp3) is 0.440. The van der Waals surface area contributed by atoms with Gasteiger partial charge in [-0.25, -0.2) is 8.78 Å². The molecule has 180 valence electrons. The first-order valence-corrected chi connectivity index (χ1v) is 12.3. The third kappa shape index (κ3) is 10.0. The van der Waals surface area contributed by atoms with Crippen LogP contribution in [-0.4, -0.2) is 23.3 Å². The van der Waals surface area contributed by atoms with E-state index in [1.165, 1.54) is 24.3 Å². The fourth-order valence-electron chi connectivity index (χ4n) is 3.68. The average Bonchev–Trinajstić information content (AvgIpc) is 2.81. The van der Waals surface area contributed by atoms with Gasteiger partial charge in [0, 0.05) is 24.5 Å². The van der Waals surface area contributed by atoms with Crippen molar-refractivity contribution in [2.45, 2.75) is 52.4 Å². The van der Waals surface area contributed by atoms with E-state index in [0.717, 1.165) is 63.0 Å². The van der Waals surface area contributed by atoms with E-state index >= 15 is 0 Å². The van der Waals surface area contributed by atoms with Crippen LogP contribution >= 0.6 is 24.4 Å². The molecule has 0 amide bonds. The van der Waals surface area contributed by atoms with Crippen LogP contribution in [0.4, 0.5) is 20.2 Å². The summed E-state index contributed by atoms with van der Waals surface area (Å²) >= 11 is 10.8. The molecule has 2 aromatic rings. The lowest BCUT2D eigenvalue weighted by molar-refractivity contribution is 0.218. The van der Waals surface area contributed by atoms with Crippen LogP contribution in [0.3, 0.4) is 0 Å². The molecule has 4 N–H and O–H groups in total. The monoisotopic (exact) mass is 492 g/mol. The molecule has 0 aliphatic heterocycles. The number of anilines is 2. The minimum Gasteiger partial charge on any atom is -0.362 e. The Morgan fingerprint density at radius 3 is 1.73 bits per heavy atom. The summed E-state index contributed by atoms with van der Waals surface area (Å²) in [7, 11) is 0. The number of benzene rings is 2. The van der Waals surface area contributed by atoms with Crippen molar-refractivity contribution in [3.63, 3.8) is 0 Å². The summed E-state index contributed by atoms with van der Waals surface area (Å²) in [5.74, 6) is -0.548. The van der Waals surface area contributed by atoms with Gasteiger partial charge in [-0.05, 0) is 104 Å². The van der Waals surface area contributed by atoms with Gasteiger partial charge in [0.05, 0.1) is 0 Å². The van der Waals surface area contributed by atoms with Crippen LogP contribution in [-0.2, 0) is 0 Å². The van der Waals surface area contributed by atoms with Gasteiger partial charge in [-0.3, -0.25) is 0 Å². The molecule has 0 spiro atoms. The normalized spacial score (nSPS) is 12.5. The molecule has 0 aromatic heterocycles. The molecule has 1 atom stereocenters. The van der Waals surface area contributed by atoms with Crippen LogP contribution in [0.5, 0.6) is 0 Å². The number of unbranched alkanes of at least 4 members (excludes halogenated alkanes) is 1. The Bertz CT molecular complexity index is 875. The van der Waals surface area contributed by atoms with Crippen LogP contribution < -0.4 is 21.3 Å². The number of hydrogen-bond donors (Lipinski definition) is 4. The van der Waals surface area contributed by atoms with E-state index in [2.05, 4.69) is 35.1 Å². The maximum Gasteiger partial charge on any atom is 0.170 e. The Labute approximate surface area is 206 Å². The van der Waals surface area contributed by atoms with E-state index in [9.17, 15) is 8.78 Å². The second-order valence-corrected chi connectivity index (χ2v) is 9.08. The zero-order chi connectivity index (χ0) is 24.1. The molecule has 0 radical (unpaired) electrons. The first kappa shape index (κ1) is 26.9. The summed E-state index contributed by atoms with van der Waals surface area (Å²) in [6.45, 7) is 5.95. The zero-order valence-electron chi connectivity index (χ0n) is 19.3. The smallest absolute Gasteiger partial charge is 0.170 e. The number of halogens is 2. The first-order chi connectivity index (χ1) is 15.9. The number of rotatable bonds is 12. The predicted molar refractivity (Wildman–Crippen MR) is 143 cm³/mol. The topological polar surface area (TPSA) is 48.1 Å². The van der Waals surface area contributed by atoms with Gasteiger partial charge in [0.25, 0.3) is 0 Å². The second kappa shape index (κ2) is 14.1. The molecular weight excluding hydrogens is 458 g/mol. The molecule has 0 saturated carbocycles. The van der Waals surface area contributed by atoms with Gasteiger partial charge in [-0.15, -0.1) is 0 Å². The minimum absolute atomic E-state index is 0.123. The summed E-state index contributed by atoms with van der Waals surface area (Å²) in [6.07, 6.45) is 6.45. The summed E-state index contributed by atoms with van der Waals surface area (Å²) < 4.78 is 26.1. The van der Waals surface area contributed by atoms with Crippen LogP contribution in [0.1, 0.15) is 52.4 Å². The second-order valence-electron chi connectivity index (χ2n) is 8.26. The average molecular weight is 493 g/mol. The lowest BCUT2D eigenvalue weighted by Gasteiger charge is -2.34. The van der Waals surface area contributed by atoms with Gasteiger partial charge >= 0.3 is 0 Å². The molecule has 0 aliphatic rings. The highest BCUT2D eigenvalue weighted by Crippen LogP contribution is 2.33. The molecule has 0 fully saturated rings. The lowest BCUT2D eigenvalue weighted by atomic mass is 9.76. The maximum atomic E-state index is 13.1. The van der Waals surface area contributed by atoms with Crippen LogP contribution in [0.2, 0.25) is 0 Å². The van der Waals surface area contributed by atoms with Crippen molar-refractivity contribution in [2.75, 3.05) is 23.7 Å². The molecule has 8 heteroatoms. The van der Waals surface area contributed by atoms with E-state index in [0.29, 0.717) is 10.2 Å². The number of hydrogen-bond acceptors (Lipinski definition) is 2. The number of nitrogens with one attached hydrogen (secondary N) is 4. The molecule has 0 bridgehead atoms. The van der Waals surface area contributed by atoms with Gasteiger partial charge < -0.3 is 21.3 Å². The lowest BCUT2D eigenvalue weighted by Crippen LogP contribution is -2.40. The van der Waals surface area contributed by atoms with E-state index in [4.69, 9.17) is 24.4 Å². The zero-order valence-corrected chi connectivity index (χ0v) is 21.0. The van der Waals surface area contributed by atoms with Crippen molar-refractivity contribution < 1.29 is 8.78 Å². The highest BCUT2D eigenvalue weighted by atomic mass is 32.1. The molecule has 33 heavy (non-hydrogen) atoms. The van der Waals surface area contributed by atoms with Gasteiger partial charge in [0.15, 0.2) is 10.2 Å². The molecule has 4 nitrogen and oxygen atoms in total. The third-order valence-electron chi connectivity index (χ3n) is 5.81. The summed E-state index contributed by atoms with van der Waals surface area (Å²) in [4.78, 5) is 0. The highest BCUT2D eigenvalue weighted by molar-refractivity contribution is 7.80. The van der Waals surface area contributed by atoms with Crippen molar-refractivity contribution in [2.24, 2.45) is 5.41 Å². The van der Waals surface area contributed by atoms with Crippen molar-refractivity contribution in [3.05, 3.63) is 60.2 Å². The van der Waals surface area contributed by atoms with E-state index < -0.39 is 0 Å².